The molecule has 0 aromatic rings. The molecule has 3 radical (unpaired) electrons. The Morgan fingerprint density at radius 2 is 2.17 bits per heavy atom. The molecular weight excluding hydrogens is 327 g/mol. The van der Waals surface area contributed by atoms with Gasteiger partial charge in [0.15, 0.2) is 0 Å². The van der Waals surface area contributed by atoms with Crippen molar-refractivity contribution in [2.75, 3.05) is 6.61 Å². The molecule has 0 bridgehead atoms. The van der Waals surface area contributed by atoms with Gasteiger partial charge in [0.05, 0.1) is 0 Å². The Hall–Kier alpha value is -0.281. The molecule has 2 aliphatic rings. The maximum atomic E-state index is 6.17. The molecule has 95 valence electrons. The van der Waals surface area contributed by atoms with Gasteiger partial charge in [-0.1, -0.05) is 0 Å². The molecule has 0 aliphatic heterocycles. The predicted molar refractivity (Wildman–Crippen MR) is 77.6 cm³/mol. The molecule has 1 unspecified atom stereocenters. The third kappa shape index (κ3) is 2.83. The van der Waals surface area contributed by atoms with Crippen LogP contribution in [0.3, 0.4) is 0 Å². The minimum atomic E-state index is -0.0972. The first-order valence-electron chi connectivity index (χ1n) is 6.67. The Morgan fingerprint density at radius 1 is 1.39 bits per heavy atom. The van der Waals surface area contributed by atoms with Gasteiger partial charge < -0.3 is 0 Å². The summed E-state index contributed by atoms with van der Waals surface area (Å²) in [4.78, 5) is 0. The second-order valence-electron chi connectivity index (χ2n) is 5.19. The number of hydrogen-bond donors (Lipinski definition) is 0. The Bertz CT molecular complexity index is 454. The van der Waals surface area contributed by atoms with Crippen molar-refractivity contribution in [3.05, 3.63) is 44.6 Å². The summed E-state index contributed by atoms with van der Waals surface area (Å²) < 4.78 is 7.75. The summed E-state index contributed by atoms with van der Waals surface area (Å²) in [6.07, 6.45) is 12.4. The normalized spacial score (nSPS) is 27.6. The first-order valence-corrected chi connectivity index (χ1v) is 8.10. The van der Waals surface area contributed by atoms with E-state index in [1.165, 1.54) is 16.7 Å². The van der Waals surface area contributed by atoms with E-state index in [9.17, 15) is 0 Å². The molecule has 0 fully saturated rings. The van der Waals surface area contributed by atoms with Crippen LogP contribution in [0.2, 0.25) is 0 Å². The van der Waals surface area contributed by atoms with Gasteiger partial charge in [0.1, 0.15) is 0 Å². The monoisotopic (exact) mass is 349 g/mol. The molecule has 0 saturated heterocycles. The van der Waals surface area contributed by atoms with Crippen LogP contribution in [0.25, 0.3) is 0 Å². The molecular formula is C16H21OSn. The van der Waals surface area contributed by atoms with Gasteiger partial charge in [0, 0.05) is 0 Å². The molecule has 0 saturated carbocycles. The molecule has 1 atom stereocenters. The van der Waals surface area contributed by atoms with E-state index in [0.717, 1.165) is 25.9 Å². The van der Waals surface area contributed by atoms with Gasteiger partial charge in [-0.15, -0.1) is 0 Å². The number of hydrogen-bond acceptors (Lipinski definition) is 1. The van der Waals surface area contributed by atoms with Crippen LogP contribution in [-0.2, 0) is 4.74 Å². The van der Waals surface area contributed by atoms with E-state index in [-0.39, 0.29) is 5.60 Å². The molecule has 2 aliphatic carbocycles. The second kappa shape index (κ2) is 5.79. The number of allylic oxidation sites excluding steroid dienone is 5. The van der Waals surface area contributed by atoms with Crippen LogP contribution in [0.4, 0.5) is 0 Å². The molecule has 2 heteroatoms. The topological polar surface area (TPSA) is 9.23 Å². The summed E-state index contributed by atoms with van der Waals surface area (Å²) in [6, 6.07) is 0. The van der Waals surface area contributed by atoms with Crippen LogP contribution in [0, 0.1) is 0 Å². The van der Waals surface area contributed by atoms with Crippen molar-refractivity contribution in [2.45, 2.75) is 45.6 Å². The van der Waals surface area contributed by atoms with Gasteiger partial charge in [-0.2, -0.15) is 0 Å². The standard InChI is InChI=1S/C16H21O.Sn/c1-4-17-16(12-15-7-5-6-8-15)10-9-13(2)11-14(16)3;/h5,7,9,11H,4,6,10,12H2,1-3H3;. The summed E-state index contributed by atoms with van der Waals surface area (Å²) in [6.45, 7) is 7.26. The molecule has 0 spiro atoms. The van der Waals surface area contributed by atoms with Gasteiger partial charge in [-0.05, 0) is 0 Å². The van der Waals surface area contributed by atoms with Gasteiger partial charge in [-0.3, -0.25) is 0 Å². The van der Waals surface area contributed by atoms with E-state index in [0.29, 0.717) is 0 Å². The van der Waals surface area contributed by atoms with Crippen molar-refractivity contribution >= 4 is 22.5 Å². The first-order chi connectivity index (χ1) is 8.57. The van der Waals surface area contributed by atoms with Gasteiger partial charge in [0.25, 0.3) is 0 Å². The van der Waals surface area contributed by atoms with E-state index in [1.54, 1.807) is 26.1 Å². The second-order valence-corrected chi connectivity index (χ2v) is 6.92. The predicted octanol–water partition coefficient (Wildman–Crippen LogP) is 3.83. The molecule has 2 rings (SSSR count). The van der Waals surface area contributed by atoms with E-state index in [1.807, 2.05) is 0 Å². The quantitative estimate of drug-likeness (QED) is 0.702. The van der Waals surface area contributed by atoms with Crippen LogP contribution in [-0.4, -0.2) is 34.7 Å². The fourth-order valence-electron chi connectivity index (χ4n) is 2.75. The summed E-state index contributed by atoms with van der Waals surface area (Å²) in [5, 5.41) is 0. The zero-order valence-corrected chi connectivity index (χ0v) is 14.4. The van der Waals surface area contributed by atoms with Gasteiger partial charge in [-0.25, -0.2) is 0 Å². The SMILES string of the molecule is CCOC1(CC2=[C]([Sn])CC=C2)CC=C(C)C=C1C. The van der Waals surface area contributed by atoms with E-state index < -0.39 is 0 Å². The van der Waals surface area contributed by atoms with Crippen molar-refractivity contribution < 1.29 is 4.74 Å². The van der Waals surface area contributed by atoms with Crippen molar-refractivity contribution in [3.63, 3.8) is 0 Å². The van der Waals surface area contributed by atoms with Crippen LogP contribution in [0.15, 0.2) is 44.6 Å². The van der Waals surface area contributed by atoms with Crippen LogP contribution < -0.4 is 0 Å². The third-order valence-corrected chi connectivity index (χ3v) is 5.34. The van der Waals surface area contributed by atoms with E-state index >= 15 is 0 Å². The maximum absolute atomic E-state index is 6.17. The van der Waals surface area contributed by atoms with Crippen LogP contribution >= 0.6 is 0 Å². The Morgan fingerprint density at radius 3 is 2.72 bits per heavy atom. The zero-order valence-electron chi connectivity index (χ0n) is 11.5. The van der Waals surface area contributed by atoms with Crippen molar-refractivity contribution in [1.29, 1.82) is 0 Å². The molecule has 0 aromatic heterocycles. The van der Waals surface area contributed by atoms with E-state index in [2.05, 4.69) is 45.1 Å². The van der Waals surface area contributed by atoms with Gasteiger partial charge >= 0.3 is 124 Å². The summed E-state index contributed by atoms with van der Waals surface area (Å²) >= 11 is 1.55. The third-order valence-electron chi connectivity index (χ3n) is 3.84. The number of ether oxygens (including phenoxy) is 1. The van der Waals surface area contributed by atoms with Crippen LogP contribution in [0.5, 0.6) is 0 Å². The summed E-state index contributed by atoms with van der Waals surface area (Å²) in [5.41, 5.74) is 4.14. The Labute approximate surface area is 124 Å². The summed E-state index contributed by atoms with van der Waals surface area (Å²) in [7, 11) is 0. The van der Waals surface area contributed by atoms with E-state index in [4.69, 9.17) is 4.74 Å². The fourth-order valence-corrected chi connectivity index (χ4v) is 3.58. The van der Waals surface area contributed by atoms with Crippen LogP contribution in [0.1, 0.15) is 40.0 Å². The Kier molecular flexibility index (Phi) is 4.54. The molecule has 0 amide bonds. The van der Waals surface area contributed by atoms with Gasteiger partial charge in [0.2, 0.25) is 0 Å². The molecule has 0 aromatic carbocycles. The molecule has 0 heterocycles. The fraction of sp³-hybridized carbons (Fsp3) is 0.500. The number of rotatable bonds is 4. The zero-order chi connectivity index (χ0) is 13.2. The average Bonchev–Trinajstić information content (AvgIpc) is 2.71. The minimum absolute atomic E-state index is 0.0972. The molecule has 18 heavy (non-hydrogen) atoms. The van der Waals surface area contributed by atoms with Crippen molar-refractivity contribution in [2.24, 2.45) is 0 Å². The first kappa shape index (κ1) is 14.1. The molecule has 1 nitrogen and oxygen atoms in total. The average molecular weight is 348 g/mol. The van der Waals surface area contributed by atoms with Crippen molar-refractivity contribution in [1.82, 2.24) is 0 Å². The van der Waals surface area contributed by atoms with Crippen molar-refractivity contribution in [3.8, 4) is 0 Å². The summed E-state index contributed by atoms with van der Waals surface area (Å²) in [5.74, 6) is 0. The molecule has 0 N–H and O–H groups in total. The Balaban J connectivity index is 2.26.